The minimum absolute atomic E-state index is 0.106. The Balaban J connectivity index is 2.24. The Hall–Kier alpha value is -2.30. The summed E-state index contributed by atoms with van der Waals surface area (Å²) in [7, 11) is -2.93. The standard InChI is InChI=1S/C16H18N2O6S2/c1-24-16(21)15-13(10-25-17-15)26(22,23)18-12(7-8-14(19)20)9-11-5-3-2-4-6-11/h2-6,10,12,18H,7-9H2,1H3,(H,19,20). The van der Waals surface area contributed by atoms with Gasteiger partial charge in [0, 0.05) is 17.8 Å². The number of esters is 1. The van der Waals surface area contributed by atoms with Crippen LogP contribution in [0.3, 0.4) is 0 Å². The van der Waals surface area contributed by atoms with Crippen LogP contribution < -0.4 is 4.72 Å². The van der Waals surface area contributed by atoms with Crippen LogP contribution in [0.1, 0.15) is 28.9 Å². The van der Waals surface area contributed by atoms with E-state index in [2.05, 4.69) is 13.8 Å². The fourth-order valence-electron chi connectivity index (χ4n) is 2.33. The van der Waals surface area contributed by atoms with Crippen molar-refractivity contribution in [3.05, 3.63) is 47.0 Å². The number of carboxylic acid groups (broad SMARTS) is 1. The molecule has 0 aliphatic rings. The van der Waals surface area contributed by atoms with Crippen molar-refractivity contribution in [2.24, 2.45) is 0 Å². The Morgan fingerprint density at radius 2 is 2.00 bits per heavy atom. The first-order valence-electron chi connectivity index (χ1n) is 7.64. The third-order valence-corrected chi connectivity index (χ3v) is 5.87. The van der Waals surface area contributed by atoms with Crippen molar-refractivity contribution in [2.75, 3.05) is 7.11 Å². The lowest BCUT2D eigenvalue weighted by Crippen LogP contribution is -2.37. The highest BCUT2D eigenvalue weighted by molar-refractivity contribution is 7.89. The van der Waals surface area contributed by atoms with Crippen LogP contribution in [0.25, 0.3) is 0 Å². The van der Waals surface area contributed by atoms with Crippen molar-refractivity contribution in [3.63, 3.8) is 0 Å². The molecule has 1 aromatic carbocycles. The number of aromatic nitrogens is 1. The molecular weight excluding hydrogens is 380 g/mol. The zero-order valence-corrected chi connectivity index (χ0v) is 15.5. The van der Waals surface area contributed by atoms with Gasteiger partial charge in [-0.3, -0.25) is 4.79 Å². The maximum absolute atomic E-state index is 12.7. The summed E-state index contributed by atoms with van der Waals surface area (Å²) >= 11 is 0.822. The number of nitrogens with one attached hydrogen (secondary N) is 1. The van der Waals surface area contributed by atoms with Crippen LogP contribution >= 0.6 is 11.5 Å². The Kier molecular flexibility index (Phi) is 6.83. The van der Waals surface area contributed by atoms with Gasteiger partial charge in [-0.25, -0.2) is 17.9 Å². The van der Waals surface area contributed by atoms with Crippen molar-refractivity contribution in [2.45, 2.75) is 30.2 Å². The highest BCUT2D eigenvalue weighted by Gasteiger charge is 2.28. The van der Waals surface area contributed by atoms with E-state index in [4.69, 9.17) is 5.11 Å². The molecule has 0 saturated heterocycles. The van der Waals surface area contributed by atoms with E-state index in [1.807, 2.05) is 30.3 Å². The quantitative estimate of drug-likeness (QED) is 0.616. The Labute approximate surface area is 155 Å². The van der Waals surface area contributed by atoms with E-state index in [-0.39, 0.29) is 23.4 Å². The summed E-state index contributed by atoms with van der Waals surface area (Å²) in [5.74, 6) is -1.87. The van der Waals surface area contributed by atoms with Gasteiger partial charge in [0.05, 0.1) is 7.11 Å². The Morgan fingerprint density at radius 3 is 2.62 bits per heavy atom. The number of carbonyl (C=O) groups excluding carboxylic acids is 1. The number of carbonyl (C=O) groups is 2. The second-order valence-electron chi connectivity index (χ2n) is 5.46. The summed E-state index contributed by atoms with van der Waals surface area (Å²) in [5, 5.41) is 10.2. The molecule has 2 aromatic rings. The number of nitrogens with zero attached hydrogens (tertiary/aromatic N) is 1. The van der Waals surface area contributed by atoms with Crippen molar-refractivity contribution >= 4 is 33.5 Å². The van der Waals surface area contributed by atoms with Gasteiger partial charge in [-0.15, -0.1) is 0 Å². The van der Waals surface area contributed by atoms with Crippen LogP contribution in [-0.4, -0.2) is 43.0 Å². The average molecular weight is 398 g/mol. The summed E-state index contributed by atoms with van der Waals surface area (Å²) in [5.41, 5.74) is 0.573. The molecule has 0 spiro atoms. The highest BCUT2D eigenvalue weighted by Crippen LogP contribution is 2.20. The van der Waals surface area contributed by atoms with Crippen molar-refractivity contribution in [3.8, 4) is 0 Å². The van der Waals surface area contributed by atoms with Gasteiger partial charge in [-0.1, -0.05) is 30.3 Å². The number of benzene rings is 1. The summed E-state index contributed by atoms with van der Waals surface area (Å²) in [4.78, 5) is 22.3. The van der Waals surface area contributed by atoms with Gasteiger partial charge >= 0.3 is 11.9 Å². The first-order valence-corrected chi connectivity index (χ1v) is 9.96. The Bertz CT molecular complexity index is 864. The SMILES string of the molecule is COC(=O)c1nscc1S(=O)(=O)NC(CCC(=O)O)Cc1ccccc1. The van der Waals surface area contributed by atoms with E-state index in [0.29, 0.717) is 6.42 Å². The molecule has 0 saturated carbocycles. The van der Waals surface area contributed by atoms with Crippen molar-refractivity contribution in [1.82, 2.24) is 9.10 Å². The molecule has 1 unspecified atom stereocenters. The molecule has 0 aliphatic heterocycles. The van der Waals surface area contributed by atoms with Crippen LogP contribution in [0.2, 0.25) is 0 Å². The smallest absolute Gasteiger partial charge is 0.359 e. The number of hydrogen-bond acceptors (Lipinski definition) is 7. The monoisotopic (exact) mass is 398 g/mol. The highest BCUT2D eigenvalue weighted by atomic mass is 32.2. The second kappa shape index (κ2) is 8.88. The van der Waals surface area contributed by atoms with E-state index in [1.165, 1.54) is 5.38 Å². The lowest BCUT2D eigenvalue weighted by atomic mass is 10.0. The van der Waals surface area contributed by atoms with Gasteiger partial charge in [0.25, 0.3) is 0 Å². The van der Waals surface area contributed by atoms with Gasteiger partial charge < -0.3 is 9.84 Å². The number of sulfonamides is 1. The third-order valence-electron chi connectivity index (χ3n) is 3.56. The number of carboxylic acids is 1. The summed E-state index contributed by atoms with van der Waals surface area (Å²) < 4.78 is 36.2. The average Bonchev–Trinajstić information content (AvgIpc) is 3.10. The van der Waals surface area contributed by atoms with Crippen LogP contribution in [0.4, 0.5) is 0 Å². The van der Waals surface area contributed by atoms with Crippen molar-refractivity contribution < 1.29 is 27.9 Å². The molecule has 0 radical (unpaired) electrons. The van der Waals surface area contributed by atoms with E-state index in [1.54, 1.807) is 0 Å². The summed E-state index contributed by atoms with van der Waals surface area (Å²) in [6.45, 7) is 0. The number of aliphatic carboxylic acids is 1. The van der Waals surface area contributed by atoms with E-state index in [0.717, 1.165) is 24.2 Å². The molecule has 1 aromatic heterocycles. The second-order valence-corrected chi connectivity index (χ2v) is 7.77. The van der Waals surface area contributed by atoms with Gasteiger partial charge in [0.1, 0.15) is 4.90 Å². The molecule has 1 atom stereocenters. The van der Waals surface area contributed by atoms with Crippen LogP contribution in [0.5, 0.6) is 0 Å². The minimum Gasteiger partial charge on any atom is -0.481 e. The maximum atomic E-state index is 12.7. The van der Waals surface area contributed by atoms with Crippen LogP contribution in [0.15, 0.2) is 40.6 Å². The predicted octanol–water partition coefficient (Wildman–Crippen LogP) is 1.68. The number of methoxy groups -OCH3 is 1. The zero-order valence-electron chi connectivity index (χ0n) is 13.9. The van der Waals surface area contributed by atoms with E-state index in [9.17, 15) is 18.0 Å². The van der Waals surface area contributed by atoms with Gasteiger partial charge in [0.15, 0.2) is 5.69 Å². The molecule has 26 heavy (non-hydrogen) atoms. The maximum Gasteiger partial charge on any atom is 0.359 e. The molecule has 0 aliphatic carbocycles. The molecular formula is C16H18N2O6S2. The lowest BCUT2D eigenvalue weighted by Gasteiger charge is -2.18. The molecule has 8 nitrogen and oxygen atoms in total. The molecule has 2 rings (SSSR count). The van der Waals surface area contributed by atoms with Gasteiger partial charge in [-0.2, -0.15) is 4.37 Å². The van der Waals surface area contributed by atoms with Crippen molar-refractivity contribution in [1.29, 1.82) is 0 Å². The Morgan fingerprint density at radius 1 is 1.31 bits per heavy atom. The molecule has 10 heteroatoms. The normalized spacial score (nSPS) is 12.5. The van der Waals surface area contributed by atoms with E-state index >= 15 is 0 Å². The predicted molar refractivity (Wildman–Crippen MR) is 94.6 cm³/mol. The third kappa shape index (κ3) is 5.35. The molecule has 140 valence electrons. The van der Waals surface area contributed by atoms with Gasteiger partial charge in [0.2, 0.25) is 10.0 Å². The molecule has 1 heterocycles. The lowest BCUT2D eigenvalue weighted by molar-refractivity contribution is -0.137. The molecule has 0 amide bonds. The molecule has 0 bridgehead atoms. The van der Waals surface area contributed by atoms with Crippen LogP contribution in [-0.2, 0) is 26.0 Å². The summed E-state index contributed by atoms with van der Waals surface area (Å²) in [6.07, 6.45) is 0.235. The fraction of sp³-hybridized carbons (Fsp3) is 0.312. The largest absolute Gasteiger partial charge is 0.481 e. The molecule has 0 fully saturated rings. The first kappa shape index (κ1) is 20.0. The number of hydrogen-bond donors (Lipinski definition) is 2. The topological polar surface area (TPSA) is 123 Å². The molecule has 2 N–H and O–H groups in total. The van der Waals surface area contributed by atoms with E-state index < -0.39 is 28.0 Å². The van der Waals surface area contributed by atoms with Gasteiger partial charge in [-0.05, 0) is 29.9 Å². The fourth-order valence-corrected chi connectivity index (χ4v) is 4.72. The number of ether oxygens (including phenoxy) is 1. The first-order chi connectivity index (χ1) is 12.3. The summed E-state index contributed by atoms with van der Waals surface area (Å²) in [6, 6.07) is 8.47. The minimum atomic E-state index is -4.07. The zero-order chi connectivity index (χ0) is 19.2. The van der Waals surface area contributed by atoms with Crippen LogP contribution in [0, 0.1) is 0 Å². The number of rotatable bonds is 9.